The molecule has 0 aliphatic carbocycles. The van der Waals surface area contributed by atoms with Crippen LogP contribution in [0.4, 0.5) is 23.2 Å². The van der Waals surface area contributed by atoms with Gasteiger partial charge in [-0.3, -0.25) is 9.55 Å². The summed E-state index contributed by atoms with van der Waals surface area (Å²) in [5, 5.41) is 17.7. The van der Waals surface area contributed by atoms with Crippen molar-refractivity contribution < 1.29 is 27.4 Å². The van der Waals surface area contributed by atoms with Gasteiger partial charge >= 0.3 is 11.9 Å². The fourth-order valence-corrected chi connectivity index (χ4v) is 4.04. The lowest BCUT2D eigenvalue weighted by Crippen LogP contribution is -2.32. The summed E-state index contributed by atoms with van der Waals surface area (Å²) in [4.78, 5) is 16.7. The molecular weight excluding hydrogens is 494 g/mol. The van der Waals surface area contributed by atoms with E-state index in [9.17, 15) is 23.1 Å². The normalized spacial score (nSPS) is 15.4. The Labute approximate surface area is 202 Å². The number of aliphatic hydroxyl groups is 1. The summed E-state index contributed by atoms with van der Waals surface area (Å²) < 4.78 is 62.3. The highest BCUT2D eigenvalue weighted by Crippen LogP contribution is 2.35. The highest BCUT2D eigenvalue weighted by Gasteiger charge is 2.39. The van der Waals surface area contributed by atoms with Crippen LogP contribution >= 0.6 is 11.6 Å². The number of benzene rings is 1. The van der Waals surface area contributed by atoms with E-state index >= 15 is 4.39 Å². The number of aromatic nitrogens is 4. The Hall–Kier alpha value is -3.12. The van der Waals surface area contributed by atoms with Gasteiger partial charge in [0, 0.05) is 37.0 Å². The minimum absolute atomic E-state index is 0.141. The number of hydrogen-bond acceptors (Lipinski definition) is 6. The minimum Gasteiger partial charge on any atom is -0.481 e. The van der Waals surface area contributed by atoms with Crippen LogP contribution in [-0.4, -0.2) is 36.7 Å². The van der Waals surface area contributed by atoms with Crippen LogP contribution in [0.15, 0.2) is 29.3 Å². The predicted molar refractivity (Wildman–Crippen MR) is 119 cm³/mol. The molecule has 0 spiro atoms. The summed E-state index contributed by atoms with van der Waals surface area (Å²) >= 11 is 6.11. The van der Waals surface area contributed by atoms with E-state index in [1.165, 1.54) is 17.0 Å². The smallest absolute Gasteiger partial charge is 0.425 e. The van der Waals surface area contributed by atoms with Gasteiger partial charge in [0.05, 0.1) is 10.7 Å². The monoisotopic (exact) mass is 515 g/mol. The topological polar surface area (TPSA) is 94.2 Å². The highest BCUT2D eigenvalue weighted by atomic mass is 35.5. The predicted octanol–water partition coefficient (Wildman–Crippen LogP) is 4.30. The first-order chi connectivity index (χ1) is 16.5. The molecule has 188 valence electrons. The van der Waals surface area contributed by atoms with Gasteiger partial charge in [-0.1, -0.05) is 11.6 Å². The molecule has 3 heterocycles. The number of nitrogens with one attached hydrogen (secondary N) is 1. The van der Waals surface area contributed by atoms with Crippen LogP contribution in [0.25, 0.3) is 5.69 Å². The summed E-state index contributed by atoms with van der Waals surface area (Å²) in [5.74, 6) is -1.00. The Balaban J connectivity index is 1.80. The van der Waals surface area contributed by atoms with Crippen LogP contribution in [0.1, 0.15) is 42.9 Å². The van der Waals surface area contributed by atoms with Crippen molar-refractivity contribution in [2.24, 2.45) is 0 Å². The molecule has 1 aromatic carbocycles. The lowest BCUT2D eigenvalue weighted by atomic mass is 10.1. The van der Waals surface area contributed by atoms with Crippen molar-refractivity contribution in [2.75, 3.05) is 5.32 Å². The van der Waals surface area contributed by atoms with Gasteiger partial charge in [0.2, 0.25) is 0 Å². The number of anilines is 1. The van der Waals surface area contributed by atoms with E-state index < -0.39 is 41.5 Å². The van der Waals surface area contributed by atoms with Crippen LogP contribution in [0.5, 0.6) is 5.75 Å². The zero-order valence-corrected chi connectivity index (χ0v) is 19.5. The molecule has 8 nitrogen and oxygen atoms in total. The Bertz CT molecular complexity index is 1290. The Morgan fingerprint density at radius 1 is 1.26 bits per heavy atom. The van der Waals surface area contributed by atoms with Crippen LogP contribution < -0.4 is 15.7 Å². The molecule has 1 unspecified atom stereocenters. The van der Waals surface area contributed by atoms with Gasteiger partial charge in [0.25, 0.3) is 0 Å². The molecule has 2 aromatic heterocycles. The molecule has 2 N–H and O–H groups in total. The van der Waals surface area contributed by atoms with Crippen molar-refractivity contribution in [3.63, 3.8) is 0 Å². The van der Waals surface area contributed by atoms with Gasteiger partial charge in [-0.2, -0.15) is 17.9 Å². The van der Waals surface area contributed by atoms with Crippen LogP contribution in [-0.2, 0) is 13.0 Å². The maximum absolute atomic E-state index is 15.2. The zero-order valence-electron chi connectivity index (χ0n) is 18.7. The second-order valence-electron chi connectivity index (χ2n) is 8.22. The number of aryl methyl sites for hydroxylation is 2. The first-order valence-corrected chi connectivity index (χ1v) is 11.2. The number of alkyl halides is 3. The van der Waals surface area contributed by atoms with Crippen molar-refractivity contribution in [3.05, 3.63) is 62.8 Å². The Morgan fingerprint density at radius 3 is 2.66 bits per heavy atom. The molecule has 0 bridgehead atoms. The molecular formula is C22H22ClF4N5O3. The van der Waals surface area contributed by atoms with Crippen LogP contribution in [0.3, 0.4) is 0 Å². The van der Waals surface area contributed by atoms with Gasteiger partial charge in [-0.05, 0) is 38.3 Å². The zero-order chi connectivity index (χ0) is 25.5. The summed E-state index contributed by atoms with van der Waals surface area (Å²) in [6.07, 6.45) is -3.88. The van der Waals surface area contributed by atoms with E-state index in [-0.39, 0.29) is 16.3 Å². The highest BCUT2D eigenvalue weighted by molar-refractivity contribution is 6.33. The molecule has 1 aliphatic rings. The lowest BCUT2D eigenvalue weighted by molar-refractivity contribution is -0.189. The summed E-state index contributed by atoms with van der Waals surface area (Å²) in [6, 6.07) is 1.74. The van der Waals surface area contributed by atoms with Crippen molar-refractivity contribution in [1.82, 2.24) is 19.3 Å². The fraction of sp³-hybridized carbons (Fsp3) is 0.409. The van der Waals surface area contributed by atoms with E-state index in [0.29, 0.717) is 24.4 Å². The van der Waals surface area contributed by atoms with E-state index in [0.717, 1.165) is 36.6 Å². The summed E-state index contributed by atoms with van der Waals surface area (Å²) in [7, 11) is 0. The molecule has 4 rings (SSSR count). The van der Waals surface area contributed by atoms with E-state index in [4.69, 9.17) is 16.3 Å². The van der Waals surface area contributed by atoms with Gasteiger partial charge in [-0.15, -0.1) is 5.10 Å². The number of halogens is 5. The number of nitrogens with zero attached hydrogens (tertiary/aromatic N) is 4. The number of aliphatic hydroxyl groups excluding tert-OH is 1. The number of rotatable bonds is 6. The lowest BCUT2D eigenvalue weighted by Gasteiger charge is -2.24. The maximum Gasteiger partial charge on any atom is 0.425 e. The van der Waals surface area contributed by atoms with Gasteiger partial charge in [0.15, 0.2) is 12.3 Å². The largest absolute Gasteiger partial charge is 0.481 e. The van der Waals surface area contributed by atoms with Crippen LogP contribution in [0, 0.1) is 12.7 Å². The maximum atomic E-state index is 15.2. The molecule has 1 aliphatic heterocycles. The SMILES string of the molecule is Cc1cncc(Cl)c1NC(O)c1cc(F)c(-n2nc3n(c2=O)CCCC3)cc1O[C@@H](C)C(F)(F)F. The summed E-state index contributed by atoms with van der Waals surface area (Å²) in [6.45, 7) is 2.84. The number of pyridine rings is 1. The minimum atomic E-state index is -4.74. The molecule has 13 heteroatoms. The molecule has 35 heavy (non-hydrogen) atoms. The third-order valence-electron chi connectivity index (χ3n) is 5.71. The third kappa shape index (κ3) is 4.98. The number of ether oxygens (including phenoxy) is 1. The number of fused-ring (bicyclic) bond motifs is 1. The van der Waals surface area contributed by atoms with Crippen molar-refractivity contribution in [3.8, 4) is 11.4 Å². The van der Waals surface area contributed by atoms with E-state index in [1.807, 2.05) is 0 Å². The fourth-order valence-electron chi connectivity index (χ4n) is 3.78. The third-order valence-corrected chi connectivity index (χ3v) is 5.99. The summed E-state index contributed by atoms with van der Waals surface area (Å²) in [5.41, 5.74) is -0.539. The molecule has 0 amide bonds. The first-order valence-electron chi connectivity index (χ1n) is 10.8. The van der Waals surface area contributed by atoms with E-state index in [2.05, 4.69) is 15.4 Å². The first kappa shape index (κ1) is 25.0. The van der Waals surface area contributed by atoms with Gasteiger partial charge < -0.3 is 15.2 Å². The van der Waals surface area contributed by atoms with Crippen molar-refractivity contribution in [2.45, 2.75) is 58.2 Å². The van der Waals surface area contributed by atoms with Crippen molar-refractivity contribution in [1.29, 1.82) is 0 Å². The molecule has 2 atom stereocenters. The molecule has 0 radical (unpaired) electrons. The quantitative estimate of drug-likeness (QED) is 0.375. The van der Waals surface area contributed by atoms with Crippen molar-refractivity contribution >= 4 is 17.3 Å². The molecule has 0 fully saturated rings. The second-order valence-corrected chi connectivity index (χ2v) is 8.63. The Morgan fingerprint density at radius 2 is 2.00 bits per heavy atom. The van der Waals surface area contributed by atoms with Crippen LogP contribution in [0.2, 0.25) is 5.02 Å². The molecule has 0 saturated heterocycles. The second kappa shape index (κ2) is 9.50. The van der Waals surface area contributed by atoms with Gasteiger partial charge in [-0.25, -0.2) is 9.18 Å². The molecule has 3 aromatic rings. The Kier molecular flexibility index (Phi) is 6.78. The van der Waals surface area contributed by atoms with E-state index in [1.54, 1.807) is 6.92 Å². The average molecular weight is 516 g/mol. The molecule has 0 saturated carbocycles. The average Bonchev–Trinajstić information content (AvgIpc) is 3.13. The number of hydrogen-bond donors (Lipinski definition) is 2. The van der Waals surface area contributed by atoms with Gasteiger partial charge in [0.1, 0.15) is 23.1 Å². The standard InChI is InChI=1S/C22H22ClF4N5O3/c1-11-9-28-10-14(23)19(11)29-20(33)13-7-15(24)16(8-17(13)35-12(2)22(25,26)27)32-21(34)31-6-4-3-5-18(31)30-32/h7-10,12,20,33H,3-6H2,1-2H3,(H,28,29)/t12-,20?/m0/s1.